The van der Waals surface area contributed by atoms with Crippen molar-refractivity contribution in [1.29, 1.82) is 0 Å². The molecule has 0 aromatic heterocycles. The Morgan fingerprint density at radius 1 is 1.27 bits per heavy atom. The van der Waals surface area contributed by atoms with Gasteiger partial charge in [-0.2, -0.15) is 0 Å². The highest BCUT2D eigenvalue weighted by Crippen LogP contribution is 2.27. The second-order valence-electron chi connectivity index (χ2n) is 3.70. The lowest BCUT2D eigenvalue weighted by molar-refractivity contribution is 0.339. The summed E-state index contributed by atoms with van der Waals surface area (Å²) in [7, 11) is 0. The third-order valence-electron chi connectivity index (χ3n) is 2.60. The van der Waals surface area contributed by atoms with Gasteiger partial charge in [0.1, 0.15) is 0 Å². The molecule has 11 heavy (non-hydrogen) atoms. The van der Waals surface area contributed by atoms with Crippen LogP contribution in [0.4, 0.5) is 0 Å². The lowest BCUT2D eigenvalue weighted by atomic mass is 9.86. The molecule has 1 rings (SSSR count). The van der Waals surface area contributed by atoms with E-state index in [2.05, 4.69) is 6.58 Å². The maximum Gasteiger partial charge on any atom is 0.000754 e. The molecule has 1 aliphatic carbocycles. The van der Waals surface area contributed by atoms with Gasteiger partial charge in [0, 0.05) is 5.70 Å². The van der Waals surface area contributed by atoms with Crippen LogP contribution in [-0.4, -0.2) is 0 Å². The topological polar surface area (TPSA) is 26.0 Å². The summed E-state index contributed by atoms with van der Waals surface area (Å²) >= 11 is 0. The molecule has 0 atom stereocenters. The first-order chi connectivity index (χ1) is 5.29. The van der Waals surface area contributed by atoms with Gasteiger partial charge in [-0.25, -0.2) is 0 Å². The Labute approximate surface area is 69.7 Å². The van der Waals surface area contributed by atoms with Gasteiger partial charge >= 0.3 is 0 Å². The van der Waals surface area contributed by atoms with Gasteiger partial charge in [-0.1, -0.05) is 38.7 Å². The number of hydrogen-bond donors (Lipinski definition) is 1. The van der Waals surface area contributed by atoms with E-state index in [0.717, 1.165) is 18.0 Å². The fourth-order valence-corrected chi connectivity index (χ4v) is 1.87. The highest BCUT2D eigenvalue weighted by Gasteiger charge is 2.12. The monoisotopic (exact) mass is 153 g/mol. The number of hydrogen-bond acceptors (Lipinski definition) is 1. The van der Waals surface area contributed by atoms with Gasteiger partial charge in [-0.3, -0.25) is 0 Å². The van der Waals surface area contributed by atoms with E-state index in [1.807, 2.05) is 0 Å². The fourth-order valence-electron chi connectivity index (χ4n) is 1.87. The first kappa shape index (κ1) is 8.63. The van der Waals surface area contributed by atoms with Crippen molar-refractivity contribution in [2.75, 3.05) is 0 Å². The number of rotatable bonds is 3. The zero-order valence-electron chi connectivity index (χ0n) is 7.31. The minimum atomic E-state index is 0.857. The summed E-state index contributed by atoms with van der Waals surface area (Å²) in [5, 5.41) is 0. The molecule has 0 amide bonds. The Kier molecular flexibility index (Phi) is 3.47. The van der Waals surface area contributed by atoms with Crippen LogP contribution in [0.3, 0.4) is 0 Å². The third-order valence-corrected chi connectivity index (χ3v) is 2.60. The molecular formula is C10H19N. The highest BCUT2D eigenvalue weighted by atomic mass is 14.6. The van der Waals surface area contributed by atoms with Crippen molar-refractivity contribution >= 4 is 0 Å². The Morgan fingerprint density at radius 2 is 1.91 bits per heavy atom. The molecule has 2 N–H and O–H groups in total. The van der Waals surface area contributed by atoms with Gasteiger partial charge < -0.3 is 5.73 Å². The molecule has 0 heterocycles. The molecule has 0 aromatic carbocycles. The largest absolute Gasteiger partial charge is 0.403 e. The highest BCUT2D eigenvalue weighted by molar-refractivity contribution is 4.86. The molecule has 0 spiro atoms. The maximum absolute atomic E-state index is 5.52. The summed E-state index contributed by atoms with van der Waals surface area (Å²) < 4.78 is 0. The molecule has 0 radical (unpaired) electrons. The molecule has 0 unspecified atom stereocenters. The molecule has 1 heteroatoms. The standard InChI is InChI=1S/C10H19N/c1-9(11)7-8-10-5-3-2-4-6-10/h10H,1-8,11H2. The van der Waals surface area contributed by atoms with Crippen LogP contribution < -0.4 is 5.73 Å². The molecule has 1 aliphatic rings. The minimum Gasteiger partial charge on any atom is -0.403 e. The molecule has 0 aromatic rings. The quantitative estimate of drug-likeness (QED) is 0.663. The van der Waals surface area contributed by atoms with Crippen LogP contribution in [0.5, 0.6) is 0 Å². The van der Waals surface area contributed by atoms with Gasteiger partial charge in [-0.15, -0.1) is 0 Å². The van der Waals surface area contributed by atoms with Gasteiger partial charge in [0.15, 0.2) is 0 Å². The van der Waals surface area contributed by atoms with Crippen LogP contribution in [0.25, 0.3) is 0 Å². The van der Waals surface area contributed by atoms with Crippen LogP contribution in [0.15, 0.2) is 12.3 Å². The second kappa shape index (κ2) is 4.42. The Morgan fingerprint density at radius 3 is 2.45 bits per heavy atom. The molecule has 1 nitrogen and oxygen atoms in total. The second-order valence-corrected chi connectivity index (χ2v) is 3.70. The molecule has 1 fully saturated rings. The summed E-state index contributed by atoms with van der Waals surface area (Å²) in [4.78, 5) is 0. The molecule has 0 aliphatic heterocycles. The summed E-state index contributed by atoms with van der Waals surface area (Å²) in [6.45, 7) is 3.72. The van der Waals surface area contributed by atoms with Crippen molar-refractivity contribution in [3.05, 3.63) is 12.3 Å². The van der Waals surface area contributed by atoms with Crippen LogP contribution >= 0.6 is 0 Å². The van der Waals surface area contributed by atoms with E-state index < -0.39 is 0 Å². The van der Waals surface area contributed by atoms with Gasteiger partial charge in [0.25, 0.3) is 0 Å². The molecule has 0 bridgehead atoms. The van der Waals surface area contributed by atoms with Gasteiger partial charge in [0.05, 0.1) is 0 Å². The third kappa shape index (κ3) is 3.45. The van der Waals surface area contributed by atoms with Crippen molar-refractivity contribution in [2.45, 2.75) is 44.9 Å². The molecule has 0 saturated heterocycles. The Balaban J connectivity index is 2.09. The molecule has 1 saturated carbocycles. The summed E-state index contributed by atoms with van der Waals surface area (Å²) in [6.07, 6.45) is 9.46. The van der Waals surface area contributed by atoms with Crippen molar-refractivity contribution in [2.24, 2.45) is 11.7 Å². The lowest BCUT2D eigenvalue weighted by Gasteiger charge is -2.21. The van der Waals surface area contributed by atoms with Gasteiger partial charge in [-0.05, 0) is 18.8 Å². The van der Waals surface area contributed by atoms with E-state index in [1.54, 1.807) is 0 Å². The van der Waals surface area contributed by atoms with E-state index >= 15 is 0 Å². The normalized spacial score (nSPS) is 20.0. The predicted octanol–water partition coefficient (Wildman–Crippen LogP) is 2.82. The zero-order valence-corrected chi connectivity index (χ0v) is 7.31. The van der Waals surface area contributed by atoms with E-state index in [0.29, 0.717) is 0 Å². The predicted molar refractivity (Wildman–Crippen MR) is 49.1 cm³/mol. The van der Waals surface area contributed by atoms with Crippen molar-refractivity contribution in [3.8, 4) is 0 Å². The van der Waals surface area contributed by atoms with Crippen molar-refractivity contribution < 1.29 is 0 Å². The van der Waals surface area contributed by atoms with Crippen molar-refractivity contribution in [1.82, 2.24) is 0 Å². The fraction of sp³-hybridized carbons (Fsp3) is 0.800. The summed E-state index contributed by atoms with van der Waals surface area (Å²) in [6, 6.07) is 0. The van der Waals surface area contributed by atoms with E-state index in [9.17, 15) is 0 Å². The summed E-state index contributed by atoms with van der Waals surface area (Å²) in [5.41, 5.74) is 6.37. The molecule has 64 valence electrons. The lowest BCUT2D eigenvalue weighted by Crippen LogP contribution is -2.07. The average molecular weight is 153 g/mol. The average Bonchev–Trinajstić information content (AvgIpc) is 2.03. The minimum absolute atomic E-state index is 0.857. The zero-order chi connectivity index (χ0) is 8.10. The SMILES string of the molecule is C=C(N)CCC1CCCCC1. The molecular weight excluding hydrogens is 134 g/mol. The Bertz CT molecular complexity index is 123. The van der Waals surface area contributed by atoms with Crippen LogP contribution in [0.1, 0.15) is 44.9 Å². The smallest absolute Gasteiger partial charge is 0.000754 e. The van der Waals surface area contributed by atoms with E-state index in [1.165, 1.54) is 38.5 Å². The number of nitrogens with two attached hydrogens (primary N) is 1. The first-order valence-electron chi connectivity index (χ1n) is 4.72. The number of allylic oxidation sites excluding steroid dienone is 1. The first-order valence-corrected chi connectivity index (χ1v) is 4.72. The summed E-state index contributed by atoms with van der Waals surface area (Å²) in [5.74, 6) is 0.948. The maximum atomic E-state index is 5.52. The van der Waals surface area contributed by atoms with Crippen LogP contribution in [0.2, 0.25) is 0 Å². The van der Waals surface area contributed by atoms with Gasteiger partial charge in [0.2, 0.25) is 0 Å². The Hall–Kier alpha value is -0.460. The van der Waals surface area contributed by atoms with Crippen molar-refractivity contribution in [3.63, 3.8) is 0 Å². The van der Waals surface area contributed by atoms with E-state index in [4.69, 9.17) is 5.73 Å². The van der Waals surface area contributed by atoms with E-state index in [-0.39, 0.29) is 0 Å². The van der Waals surface area contributed by atoms with Crippen LogP contribution in [-0.2, 0) is 0 Å². The van der Waals surface area contributed by atoms with Crippen LogP contribution in [0, 0.1) is 5.92 Å².